The van der Waals surface area contributed by atoms with Crippen molar-refractivity contribution in [3.05, 3.63) is 34.9 Å². The first-order valence-electron chi connectivity index (χ1n) is 7.68. The zero-order valence-electron chi connectivity index (χ0n) is 13.3. The van der Waals surface area contributed by atoms with Crippen molar-refractivity contribution in [1.29, 1.82) is 0 Å². The van der Waals surface area contributed by atoms with Crippen LogP contribution in [0.25, 0.3) is 0 Å². The summed E-state index contributed by atoms with van der Waals surface area (Å²) in [6.45, 7) is 3.97. The Hall–Kier alpha value is -0.770. The second-order valence-electron chi connectivity index (χ2n) is 6.78. The fourth-order valence-electron chi connectivity index (χ4n) is 2.88. The number of nitrogens with two attached hydrogens (primary N) is 1. The highest BCUT2D eigenvalue weighted by molar-refractivity contribution is 6.30. The molecule has 1 fully saturated rings. The molecule has 0 aromatic heterocycles. The molecule has 1 aliphatic carbocycles. The van der Waals surface area contributed by atoms with Gasteiger partial charge in [0.1, 0.15) is 0 Å². The molecule has 3 N–H and O–H groups in total. The van der Waals surface area contributed by atoms with Gasteiger partial charge >= 0.3 is 0 Å². The van der Waals surface area contributed by atoms with Gasteiger partial charge in [0.15, 0.2) is 0 Å². The number of nitrogens with one attached hydrogen (secondary N) is 1. The molecule has 124 valence electrons. The Morgan fingerprint density at radius 3 is 2.55 bits per heavy atom. The molecule has 0 atom stereocenters. The second kappa shape index (κ2) is 8.19. The number of rotatable bonds is 4. The normalized spacial score (nSPS) is 21.8. The monoisotopic (exact) mass is 344 g/mol. The minimum absolute atomic E-state index is 0. The highest BCUT2D eigenvalue weighted by atomic mass is 35.5. The number of hydrogen-bond donors (Lipinski definition) is 2. The quantitative estimate of drug-likeness (QED) is 0.874. The van der Waals surface area contributed by atoms with E-state index in [0.717, 1.165) is 31.2 Å². The average Bonchev–Trinajstić information content (AvgIpc) is 2.41. The molecule has 0 saturated heterocycles. The van der Waals surface area contributed by atoms with Crippen LogP contribution in [0.4, 0.5) is 0 Å². The van der Waals surface area contributed by atoms with Crippen LogP contribution >= 0.6 is 24.0 Å². The molecule has 0 unspecified atom stereocenters. The minimum Gasteiger partial charge on any atom is -0.353 e. The molecule has 2 rings (SSSR count). The summed E-state index contributed by atoms with van der Waals surface area (Å²) in [4.78, 5) is 12.5. The maximum absolute atomic E-state index is 12.5. The Kier molecular flexibility index (Phi) is 7.17. The van der Waals surface area contributed by atoms with Crippen molar-refractivity contribution in [2.24, 2.45) is 11.1 Å². The van der Waals surface area contributed by atoms with Crippen LogP contribution in [0.1, 0.15) is 45.1 Å². The Bertz CT molecular complexity index is 497. The summed E-state index contributed by atoms with van der Waals surface area (Å²) in [6, 6.07) is 8.29. The van der Waals surface area contributed by atoms with Gasteiger partial charge in [0, 0.05) is 22.5 Å². The Morgan fingerprint density at radius 1 is 1.32 bits per heavy atom. The topological polar surface area (TPSA) is 55.1 Å². The van der Waals surface area contributed by atoms with Crippen LogP contribution in [0.5, 0.6) is 0 Å². The molecule has 0 heterocycles. The van der Waals surface area contributed by atoms with E-state index >= 15 is 0 Å². The van der Waals surface area contributed by atoms with Crippen molar-refractivity contribution in [1.82, 2.24) is 5.32 Å². The maximum atomic E-state index is 12.5. The fraction of sp³-hybridized carbons (Fsp3) is 0.588. The molecule has 1 saturated carbocycles. The smallest absolute Gasteiger partial charge is 0.226 e. The van der Waals surface area contributed by atoms with Gasteiger partial charge < -0.3 is 11.1 Å². The molecule has 0 radical (unpaired) electrons. The van der Waals surface area contributed by atoms with Crippen molar-refractivity contribution in [2.45, 2.75) is 58.0 Å². The van der Waals surface area contributed by atoms with Gasteiger partial charge in [-0.25, -0.2) is 0 Å². The van der Waals surface area contributed by atoms with E-state index in [1.54, 1.807) is 0 Å². The summed E-state index contributed by atoms with van der Waals surface area (Å²) < 4.78 is 0. The second-order valence-corrected chi connectivity index (χ2v) is 7.21. The fourth-order valence-corrected chi connectivity index (χ4v) is 3.09. The van der Waals surface area contributed by atoms with E-state index in [2.05, 4.69) is 5.32 Å². The van der Waals surface area contributed by atoms with Gasteiger partial charge in [0.2, 0.25) is 5.91 Å². The van der Waals surface area contributed by atoms with Crippen molar-refractivity contribution in [2.75, 3.05) is 0 Å². The molecule has 5 heteroatoms. The molecule has 1 aliphatic rings. The zero-order chi connectivity index (χ0) is 15.5. The third-order valence-corrected chi connectivity index (χ3v) is 4.49. The van der Waals surface area contributed by atoms with Gasteiger partial charge in [-0.1, -0.05) is 37.6 Å². The molecular formula is C17H26Cl2N2O. The number of amides is 1. The van der Waals surface area contributed by atoms with Crippen LogP contribution in [0.15, 0.2) is 24.3 Å². The molecule has 0 spiro atoms. The van der Waals surface area contributed by atoms with Crippen LogP contribution in [0.3, 0.4) is 0 Å². The van der Waals surface area contributed by atoms with Gasteiger partial charge in [-0.15, -0.1) is 12.4 Å². The summed E-state index contributed by atoms with van der Waals surface area (Å²) in [5.74, 6) is 0.114. The van der Waals surface area contributed by atoms with Crippen molar-refractivity contribution in [3.8, 4) is 0 Å². The van der Waals surface area contributed by atoms with Crippen LogP contribution in [-0.4, -0.2) is 18.0 Å². The first kappa shape index (κ1) is 19.3. The van der Waals surface area contributed by atoms with Crippen LogP contribution < -0.4 is 11.1 Å². The van der Waals surface area contributed by atoms with E-state index in [9.17, 15) is 4.79 Å². The van der Waals surface area contributed by atoms with Crippen molar-refractivity contribution < 1.29 is 4.79 Å². The summed E-state index contributed by atoms with van der Waals surface area (Å²) in [6.07, 6.45) is 4.66. The SMILES string of the molecule is CC(C)(Cc1cccc(Cl)c1)C(=O)NC1CCC(N)CC1.Cl. The van der Waals surface area contributed by atoms with Gasteiger partial charge in [0.25, 0.3) is 0 Å². The van der Waals surface area contributed by atoms with Crippen LogP contribution in [0, 0.1) is 5.41 Å². The number of carbonyl (C=O) groups is 1. The summed E-state index contributed by atoms with van der Waals surface area (Å²) >= 11 is 6.01. The molecule has 0 bridgehead atoms. The first-order chi connectivity index (χ1) is 9.87. The number of carbonyl (C=O) groups excluding carboxylic acids is 1. The predicted octanol–water partition coefficient (Wildman–Crippen LogP) is 3.72. The standard InChI is InChI=1S/C17H25ClN2O.ClH/c1-17(2,11-12-4-3-5-13(18)10-12)16(21)20-15-8-6-14(19)7-9-15;/h3-5,10,14-15H,6-9,11,19H2,1-2H3,(H,20,21);1H. The van der Waals surface area contributed by atoms with Crippen molar-refractivity contribution in [3.63, 3.8) is 0 Å². The highest BCUT2D eigenvalue weighted by Crippen LogP contribution is 2.25. The van der Waals surface area contributed by atoms with Gasteiger partial charge in [-0.05, 0) is 49.8 Å². The maximum Gasteiger partial charge on any atom is 0.226 e. The summed E-state index contributed by atoms with van der Waals surface area (Å²) in [7, 11) is 0. The van der Waals surface area contributed by atoms with Crippen LogP contribution in [-0.2, 0) is 11.2 Å². The lowest BCUT2D eigenvalue weighted by atomic mass is 9.83. The van der Waals surface area contributed by atoms with E-state index in [1.807, 2.05) is 38.1 Å². The lowest BCUT2D eigenvalue weighted by Crippen LogP contribution is -2.46. The average molecular weight is 345 g/mol. The lowest BCUT2D eigenvalue weighted by molar-refractivity contribution is -0.130. The first-order valence-corrected chi connectivity index (χ1v) is 8.05. The Labute approximate surface area is 144 Å². The minimum atomic E-state index is -0.440. The summed E-state index contributed by atoms with van der Waals surface area (Å²) in [5.41, 5.74) is 6.56. The molecule has 3 nitrogen and oxygen atoms in total. The Balaban J connectivity index is 0.00000242. The number of hydrogen-bond acceptors (Lipinski definition) is 2. The van der Waals surface area contributed by atoms with Gasteiger partial charge in [-0.2, -0.15) is 0 Å². The van der Waals surface area contributed by atoms with E-state index in [-0.39, 0.29) is 24.4 Å². The van der Waals surface area contributed by atoms with E-state index < -0.39 is 5.41 Å². The summed E-state index contributed by atoms with van der Waals surface area (Å²) in [5, 5.41) is 3.90. The Morgan fingerprint density at radius 2 is 1.95 bits per heavy atom. The van der Waals surface area contributed by atoms with Gasteiger partial charge in [-0.3, -0.25) is 4.79 Å². The molecule has 1 aromatic rings. The van der Waals surface area contributed by atoms with E-state index in [4.69, 9.17) is 17.3 Å². The van der Waals surface area contributed by atoms with Crippen molar-refractivity contribution >= 4 is 29.9 Å². The van der Waals surface area contributed by atoms with E-state index in [1.165, 1.54) is 0 Å². The molecule has 1 amide bonds. The van der Waals surface area contributed by atoms with Crippen LogP contribution in [0.2, 0.25) is 5.02 Å². The largest absolute Gasteiger partial charge is 0.353 e. The third-order valence-electron chi connectivity index (χ3n) is 4.26. The third kappa shape index (κ3) is 5.45. The highest BCUT2D eigenvalue weighted by Gasteiger charge is 2.30. The number of halogens is 2. The number of benzene rings is 1. The van der Waals surface area contributed by atoms with Gasteiger partial charge in [0.05, 0.1) is 0 Å². The van der Waals surface area contributed by atoms with E-state index in [0.29, 0.717) is 17.5 Å². The predicted molar refractivity (Wildman–Crippen MR) is 94.6 cm³/mol. The molecular weight excluding hydrogens is 319 g/mol. The lowest BCUT2D eigenvalue weighted by Gasteiger charge is -2.31. The molecule has 22 heavy (non-hydrogen) atoms. The molecule has 0 aliphatic heterocycles. The zero-order valence-corrected chi connectivity index (χ0v) is 14.8. The molecule has 1 aromatic carbocycles.